The van der Waals surface area contributed by atoms with Gasteiger partial charge in [-0.2, -0.15) is 0 Å². The molecule has 2 saturated heterocycles. The first kappa shape index (κ1) is 14.4. The number of halogens is 1. The third-order valence-electron chi connectivity index (χ3n) is 3.89. The van der Waals surface area contributed by atoms with Gasteiger partial charge in [0.15, 0.2) is 0 Å². The minimum atomic E-state index is -3.90. The Morgan fingerprint density at radius 2 is 2.14 bits per heavy atom. The second kappa shape index (κ2) is 5.04. The number of hydrogen-bond acceptors (Lipinski definition) is 4. The van der Waals surface area contributed by atoms with E-state index in [1.54, 1.807) is 0 Å². The van der Waals surface area contributed by atoms with Gasteiger partial charge in [0.05, 0.1) is 28.7 Å². The maximum atomic E-state index is 13.3. The van der Waals surface area contributed by atoms with E-state index in [4.69, 9.17) is 9.84 Å². The predicted molar refractivity (Wildman–Crippen MR) is 70.0 cm³/mol. The highest BCUT2D eigenvalue weighted by molar-refractivity contribution is 7.89. The molecule has 2 aliphatic heterocycles. The number of hydrogen-bond donors (Lipinski definition) is 2. The fourth-order valence-corrected chi connectivity index (χ4v) is 4.17. The van der Waals surface area contributed by atoms with Gasteiger partial charge >= 0.3 is 5.97 Å². The van der Waals surface area contributed by atoms with E-state index >= 15 is 0 Å². The molecule has 2 fully saturated rings. The van der Waals surface area contributed by atoms with Gasteiger partial charge in [-0.3, -0.25) is 0 Å². The van der Waals surface area contributed by atoms with E-state index in [2.05, 4.69) is 4.72 Å². The molecular weight excluding hydrogens is 301 g/mol. The number of carbonyl (C=O) groups is 1. The van der Waals surface area contributed by atoms with Crippen molar-refractivity contribution < 1.29 is 27.4 Å². The third-order valence-corrected chi connectivity index (χ3v) is 5.38. The van der Waals surface area contributed by atoms with Crippen LogP contribution in [0.4, 0.5) is 4.39 Å². The van der Waals surface area contributed by atoms with Gasteiger partial charge in [0.25, 0.3) is 0 Å². The van der Waals surface area contributed by atoms with Crippen LogP contribution in [0.15, 0.2) is 23.1 Å². The highest BCUT2D eigenvalue weighted by atomic mass is 32.2. The van der Waals surface area contributed by atoms with Crippen LogP contribution in [0.3, 0.4) is 0 Å². The standard InChI is InChI=1S/C13H14FNO5S/c14-10-3-2-8(6-9(10)13(16)17)21(18,19)15-11-5-7-1-4-12(11)20-7/h2-3,6-7,11-12,15H,1,4-5H2,(H,16,17). The zero-order valence-corrected chi connectivity index (χ0v) is 11.8. The molecule has 6 nitrogen and oxygen atoms in total. The van der Waals surface area contributed by atoms with Crippen molar-refractivity contribution in [2.75, 3.05) is 0 Å². The Bertz CT molecular complexity index is 690. The van der Waals surface area contributed by atoms with Crippen molar-refractivity contribution in [1.29, 1.82) is 0 Å². The lowest BCUT2D eigenvalue weighted by atomic mass is 9.96. The second-order valence-corrected chi connectivity index (χ2v) is 7.00. The Morgan fingerprint density at radius 3 is 2.71 bits per heavy atom. The van der Waals surface area contributed by atoms with Crippen molar-refractivity contribution >= 4 is 16.0 Å². The molecule has 1 aromatic carbocycles. The summed E-state index contributed by atoms with van der Waals surface area (Å²) in [6.07, 6.45) is 2.30. The normalized spacial score (nSPS) is 28.0. The number of fused-ring (bicyclic) bond motifs is 2. The molecule has 114 valence electrons. The Hall–Kier alpha value is -1.51. The largest absolute Gasteiger partial charge is 0.478 e. The molecule has 3 unspecified atom stereocenters. The Labute approximate surface area is 121 Å². The number of benzene rings is 1. The summed E-state index contributed by atoms with van der Waals surface area (Å²) in [5.74, 6) is -2.47. The molecule has 0 spiro atoms. The molecular formula is C13H14FNO5S. The fourth-order valence-electron chi connectivity index (χ4n) is 2.86. The van der Waals surface area contributed by atoms with E-state index in [9.17, 15) is 17.6 Å². The number of carboxylic acids is 1. The van der Waals surface area contributed by atoms with Crippen molar-refractivity contribution in [2.24, 2.45) is 0 Å². The van der Waals surface area contributed by atoms with Crippen molar-refractivity contribution in [3.63, 3.8) is 0 Å². The SMILES string of the molecule is O=C(O)c1cc(S(=O)(=O)NC2CC3CCC2O3)ccc1F. The van der Waals surface area contributed by atoms with Gasteiger partial charge in [0.1, 0.15) is 5.82 Å². The lowest BCUT2D eigenvalue weighted by Crippen LogP contribution is -2.41. The van der Waals surface area contributed by atoms with Crippen molar-refractivity contribution in [3.8, 4) is 0 Å². The molecule has 8 heteroatoms. The minimum absolute atomic E-state index is 0.0884. The van der Waals surface area contributed by atoms with Crippen molar-refractivity contribution in [3.05, 3.63) is 29.6 Å². The van der Waals surface area contributed by atoms with Gasteiger partial charge in [-0.05, 0) is 37.5 Å². The maximum absolute atomic E-state index is 13.3. The Balaban J connectivity index is 1.85. The molecule has 3 rings (SSSR count). The lowest BCUT2D eigenvalue weighted by Gasteiger charge is -2.20. The fraction of sp³-hybridized carbons (Fsp3) is 0.462. The molecule has 2 bridgehead atoms. The number of sulfonamides is 1. The molecule has 2 heterocycles. The summed E-state index contributed by atoms with van der Waals surface area (Å²) < 4.78 is 45.9. The topological polar surface area (TPSA) is 92.7 Å². The number of aromatic carboxylic acids is 1. The van der Waals surface area contributed by atoms with Crippen molar-refractivity contribution in [1.82, 2.24) is 4.72 Å². The molecule has 3 atom stereocenters. The molecule has 0 aromatic heterocycles. The van der Waals surface area contributed by atoms with E-state index in [0.717, 1.165) is 31.0 Å². The highest BCUT2D eigenvalue weighted by Crippen LogP contribution is 2.35. The average molecular weight is 315 g/mol. The summed E-state index contributed by atoms with van der Waals surface area (Å²) in [5.41, 5.74) is -0.665. The lowest BCUT2D eigenvalue weighted by molar-refractivity contribution is 0.0691. The Morgan fingerprint density at radius 1 is 1.38 bits per heavy atom. The molecule has 0 radical (unpaired) electrons. The Kier molecular flexibility index (Phi) is 3.46. The van der Waals surface area contributed by atoms with Crippen LogP contribution in [0, 0.1) is 5.82 Å². The van der Waals surface area contributed by atoms with Crippen LogP contribution >= 0.6 is 0 Å². The van der Waals surface area contributed by atoms with Crippen LogP contribution in [0.1, 0.15) is 29.6 Å². The highest BCUT2D eigenvalue weighted by Gasteiger charge is 2.42. The van der Waals surface area contributed by atoms with Gasteiger partial charge in [-0.25, -0.2) is 22.3 Å². The van der Waals surface area contributed by atoms with Gasteiger partial charge in [-0.1, -0.05) is 0 Å². The van der Waals surface area contributed by atoms with Crippen LogP contribution < -0.4 is 4.72 Å². The second-order valence-electron chi connectivity index (χ2n) is 5.28. The molecule has 0 aliphatic carbocycles. The van der Waals surface area contributed by atoms with Gasteiger partial charge in [0.2, 0.25) is 10.0 Å². The average Bonchev–Trinajstić information content (AvgIpc) is 3.00. The van der Waals surface area contributed by atoms with E-state index in [1.165, 1.54) is 0 Å². The molecule has 2 N–H and O–H groups in total. The van der Waals surface area contributed by atoms with Crippen LogP contribution in [0.5, 0.6) is 0 Å². The quantitative estimate of drug-likeness (QED) is 0.868. The van der Waals surface area contributed by atoms with Gasteiger partial charge < -0.3 is 9.84 Å². The summed E-state index contributed by atoms with van der Waals surface area (Å²) in [6, 6.07) is 2.41. The summed E-state index contributed by atoms with van der Waals surface area (Å²) in [4.78, 5) is 10.6. The van der Waals surface area contributed by atoms with E-state index < -0.39 is 27.4 Å². The first-order valence-corrected chi connectivity index (χ1v) is 8.06. The van der Waals surface area contributed by atoms with E-state index in [1.807, 2.05) is 0 Å². The number of rotatable bonds is 4. The third kappa shape index (κ3) is 2.66. The van der Waals surface area contributed by atoms with Gasteiger partial charge in [0, 0.05) is 0 Å². The summed E-state index contributed by atoms with van der Waals surface area (Å²) in [5, 5.41) is 8.85. The molecule has 21 heavy (non-hydrogen) atoms. The molecule has 0 saturated carbocycles. The van der Waals surface area contributed by atoms with Crippen LogP contribution in [-0.4, -0.2) is 37.7 Å². The van der Waals surface area contributed by atoms with Gasteiger partial charge in [-0.15, -0.1) is 0 Å². The number of ether oxygens (including phenoxy) is 1. The van der Waals surface area contributed by atoms with Crippen LogP contribution in [-0.2, 0) is 14.8 Å². The first-order valence-electron chi connectivity index (χ1n) is 6.57. The first-order chi connectivity index (χ1) is 9.87. The smallest absolute Gasteiger partial charge is 0.338 e. The molecule has 1 aromatic rings. The monoisotopic (exact) mass is 315 g/mol. The zero-order chi connectivity index (χ0) is 15.2. The summed E-state index contributed by atoms with van der Waals surface area (Å²) >= 11 is 0. The van der Waals surface area contributed by atoms with E-state index in [0.29, 0.717) is 6.42 Å². The van der Waals surface area contributed by atoms with E-state index in [-0.39, 0.29) is 23.1 Å². The summed E-state index contributed by atoms with van der Waals surface area (Å²) in [7, 11) is -3.90. The minimum Gasteiger partial charge on any atom is -0.478 e. The van der Waals surface area contributed by atoms with Crippen LogP contribution in [0.25, 0.3) is 0 Å². The maximum Gasteiger partial charge on any atom is 0.338 e. The van der Waals surface area contributed by atoms with Crippen LogP contribution in [0.2, 0.25) is 0 Å². The number of nitrogens with one attached hydrogen (secondary N) is 1. The van der Waals surface area contributed by atoms with Crippen molar-refractivity contribution in [2.45, 2.75) is 42.4 Å². The molecule has 2 aliphatic rings. The summed E-state index contributed by atoms with van der Waals surface area (Å²) in [6.45, 7) is 0. The predicted octanol–water partition coefficient (Wildman–Crippen LogP) is 1.12. The number of carboxylic acid groups (broad SMARTS) is 1. The molecule has 0 amide bonds. The zero-order valence-electron chi connectivity index (χ0n) is 11.0.